The van der Waals surface area contributed by atoms with Crippen LogP contribution in [-0.4, -0.2) is 31.1 Å². The zero-order valence-electron chi connectivity index (χ0n) is 10.9. The van der Waals surface area contributed by atoms with Gasteiger partial charge in [-0.05, 0) is 30.7 Å². The van der Waals surface area contributed by atoms with E-state index >= 15 is 0 Å². The van der Waals surface area contributed by atoms with Crippen molar-refractivity contribution < 1.29 is 4.74 Å². The fraction of sp³-hybridized carbons (Fsp3) is 0.333. The van der Waals surface area contributed by atoms with Crippen LogP contribution in [0.15, 0.2) is 43.5 Å². The highest BCUT2D eigenvalue weighted by Crippen LogP contribution is 2.21. The maximum atomic E-state index is 5.90. The fourth-order valence-corrected chi connectivity index (χ4v) is 1.91. The lowest BCUT2D eigenvalue weighted by Gasteiger charge is -2.19. The van der Waals surface area contributed by atoms with Crippen molar-refractivity contribution in [2.45, 2.75) is 6.92 Å². The molecule has 0 aliphatic rings. The molecule has 3 heteroatoms. The highest BCUT2D eigenvalue weighted by molar-refractivity contribution is 6.30. The first kappa shape index (κ1) is 14.8. The van der Waals surface area contributed by atoms with Crippen LogP contribution in [0.25, 0.3) is 0 Å². The van der Waals surface area contributed by atoms with Gasteiger partial charge in [-0.25, -0.2) is 0 Å². The number of rotatable bonds is 8. The number of hydrogen-bond acceptors (Lipinski definition) is 2. The average molecular weight is 266 g/mol. The van der Waals surface area contributed by atoms with Crippen LogP contribution >= 0.6 is 11.6 Å². The summed E-state index contributed by atoms with van der Waals surface area (Å²) in [6, 6.07) is 5.65. The summed E-state index contributed by atoms with van der Waals surface area (Å²) in [7, 11) is 0. The van der Waals surface area contributed by atoms with Gasteiger partial charge in [-0.3, -0.25) is 4.90 Å². The Morgan fingerprint density at radius 3 is 2.50 bits per heavy atom. The second-order valence-electron chi connectivity index (χ2n) is 4.10. The maximum absolute atomic E-state index is 5.90. The lowest BCUT2D eigenvalue weighted by Crippen LogP contribution is -2.28. The Labute approximate surface area is 115 Å². The Kier molecular flexibility index (Phi) is 6.55. The number of hydrogen-bond donors (Lipinski definition) is 0. The standard InChI is InChI=1S/C15H20ClNO/c1-4-8-17(9-5-2)10-11-18-15-7-6-14(16)12-13(15)3/h4-7,12H,1-2,8-11H2,3H3. The van der Waals surface area contributed by atoms with Gasteiger partial charge in [0.15, 0.2) is 0 Å². The molecular formula is C15H20ClNO. The van der Waals surface area contributed by atoms with Crippen LogP contribution in [0.3, 0.4) is 0 Å². The second-order valence-corrected chi connectivity index (χ2v) is 4.53. The van der Waals surface area contributed by atoms with E-state index in [0.717, 1.165) is 36.0 Å². The Morgan fingerprint density at radius 1 is 1.28 bits per heavy atom. The Balaban J connectivity index is 2.44. The van der Waals surface area contributed by atoms with E-state index in [0.29, 0.717) is 6.61 Å². The van der Waals surface area contributed by atoms with Crippen LogP contribution in [0.1, 0.15) is 5.56 Å². The first-order valence-electron chi connectivity index (χ1n) is 6.00. The molecule has 98 valence electrons. The van der Waals surface area contributed by atoms with Gasteiger partial charge in [0.2, 0.25) is 0 Å². The van der Waals surface area contributed by atoms with Gasteiger partial charge in [-0.2, -0.15) is 0 Å². The minimum Gasteiger partial charge on any atom is -0.492 e. The number of benzene rings is 1. The zero-order valence-corrected chi connectivity index (χ0v) is 11.6. The zero-order chi connectivity index (χ0) is 13.4. The molecule has 0 N–H and O–H groups in total. The van der Waals surface area contributed by atoms with Gasteiger partial charge in [0.05, 0.1) is 0 Å². The van der Waals surface area contributed by atoms with Gasteiger partial charge in [0.1, 0.15) is 12.4 Å². The smallest absolute Gasteiger partial charge is 0.122 e. The third-order valence-electron chi connectivity index (χ3n) is 2.58. The summed E-state index contributed by atoms with van der Waals surface area (Å²) in [6.45, 7) is 12.7. The summed E-state index contributed by atoms with van der Waals surface area (Å²) in [6.07, 6.45) is 3.77. The van der Waals surface area contributed by atoms with Gasteiger partial charge in [0, 0.05) is 24.7 Å². The monoisotopic (exact) mass is 265 g/mol. The number of ether oxygens (including phenoxy) is 1. The average Bonchev–Trinajstić information content (AvgIpc) is 2.32. The molecule has 0 bridgehead atoms. The van der Waals surface area contributed by atoms with E-state index in [9.17, 15) is 0 Å². The molecule has 0 spiro atoms. The van der Waals surface area contributed by atoms with Crippen LogP contribution in [0.4, 0.5) is 0 Å². The molecule has 0 unspecified atom stereocenters. The molecule has 0 aromatic heterocycles. The van der Waals surface area contributed by atoms with E-state index in [1.54, 1.807) is 0 Å². The molecule has 0 saturated carbocycles. The van der Waals surface area contributed by atoms with Gasteiger partial charge >= 0.3 is 0 Å². The van der Waals surface area contributed by atoms with Crippen molar-refractivity contribution in [2.75, 3.05) is 26.2 Å². The quantitative estimate of drug-likeness (QED) is 0.665. The van der Waals surface area contributed by atoms with E-state index in [2.05, 4.69) is 18.1 Å². The molecule has 2 nitrogen and oxygen atoms in total. The van der Waals surface area contributed by atoms with Gasteiger partial charge < -0.3 is 4.74 Å². The molecule has 1 aromatic carbocycles. The normalized spacial score (nSPS) is 10.4. The largest absolute Gasteiger partial charge is 0.492 e. The summed E-state index contributed by atoms with van der Waals surface area (Å²) in [5.74, 6) is 0.886. The predicted molar refractivity (Wildman–Crippen MR) is 78.5 cm³/mol. The van der Waals surface area contributed by atoms with E-state index in [1.165, 1.54) is 0 Å². The van der Waals surface area contributed by atoms with Gasteiger partial charge in [0.25, 0.3) is 0 Å². The minimum absolute atomic E-state index is 0.643. The highest BCUT2D eigenvalue weighted by atomic mass is 35.5. The molecule has 0 fully saturated rings. The van der Waals surface area contributed by atoms with E-state index < -0.39 is 0 Å². The SMILES string of the molecule is C=CCN(CC=C)CCOc1ccc(Cl)cc1C. The predicted octanol–water partition coefficient (Wildman–Crippen LogP) is 3.70. The Hall–Kier alpha value is -1.25. The molecule has 0 atom stereocenters. The molecule has 0 aliphatic carbocycles. The third-order valence-corrected chi connectivity index (χ3v) is 2.81. The molecule has 0 amide bonds. The van der Waals surface area contributed by atoms with Crippen molar-refractivity contribution in [3.8, 4) is 5.75 Å². The van der Waals surface area contributed by atoms with Crippen LogP contribution in [0, 0.1) is 6.92 Å². The molecule has 1 rings (SSSR count). The minimum atomic E-state index is 0.643. The first-order chi connectivity index (χ1) is 8.67. The first-order valence-corrected chi connectivity index (χ1v) is 6.38. The summed E-state index contributed by atoms with van der Waals surface area (Å²) >= 11 is 5.90. The van der Waals surface area contributed by atoms with Crippen LogP contribution < -0.4 is 4.74 Å². The summed E-state index contributed by atoms with van der Waals surface area (Å²) in [4.78, 5) is 2.21. The maximum Gasteiger partial charge on any atom is 0.122 e. The summed E-state index contributed by atoms with van der Waals surface area (Å²) in [5, 5.41) is 0.736. The van der Waals surface area contributed by atoms with E-state index in [1.807, 2.05) is 37.3 Å². The molecule has 1 aromatic rings. The topological polar surface area (TPSA) is 12.5 Å². The Bertz CT molecular complexity index is 393. The van der Waals surface area contributed by atoms with E-state index in [-0.39, 0.29) is 0 Å². The van der Waals surface area contributed by atoms with Crippen molar-refractivity contribution in [1.82, 2.24) is 4.90 Å². The third kappa shape index (κ3) is 4.94. The van der Waals surface area contributed by atoms with Crippen molar-refractivity contribution >= 4 is 11.6 Å². The second kappa shape index (κ2) is 7.96. The number of halogens is 1. The molecule has 0 aliphatic heterocycles. The highest BCUT2D eigenvalue weighted by Gasteiger charge is 2.03. The number of aryl methyl sites for hydroxylation is 1. The van der Waals surface area contributed by atoms with Crippen LogP contribution in [0.2, 0.25) is 5.02 Å². The Morgan fingerprint density at radius 2 is 1.94 bits per heavy atom. The molecular weight excluding hydrogens is 246 g/mol. The van der Waals surface area contributed by atoms with Crippen molar-refractivity contribution in [3.05, 3.63) is 54.1 Å². The van der Waals surface area contributed by atoms with Crippen molar-refractivity contribution in [3.63, 3.8) is 0 Å². The van der Waals surface area contributed by atoms with E-state index in [4.69, 9.17) is 16.3 Å². The summed E-state index contributed by atoms with van der Waals surface area (Å²) < 4.78 is 5.75. The molecule has 0 saturated heterocycles. The van der Waals surface area contributed by atoms with Gasteiger partial charge in [-0.1, -0.05) is 23.8 Å². The summed E-state index contributed by atoms with van der Waals surface area (Å²) in [5.41, 5.74) is 1.06. The lowest BCUT2D eigenvalue weighted by molar-refractivity contribution is 0.235. The fourth-order valence-electron chi connectivity index (χ4n) is 1.68. The lowest BCUT2D eigenvalue weighted by atomic mass is 10.2. The van der Waals surface area contributed by atoms with Crippen molar-refractivity contribution in [1.29, 1.82) is 0 Å². The van der Waals surface area contributed by atoms with Crippen molar-refractivity contribution in [2.24, 2.45) is 0 Å². The van der Waals surface area contributed by atoms with Crippen LogP contribution in [0.5, 0.6) is 5.75 Å². The van der Waals surface area contributed by atoms with Crippen LogP contribution in [-0.2, 0) is 0 Å². The van der Waals surface area contributed by atoms with Gasteiger partial charge in [-0.15, -0.1) is 13.2 Å². The molecule has 18 heavy (non-hydrogen) atoms. The molecule has 0 heterocycles. The molecule has 0 radical (unpaired) electrons. The number of nitrogens with zero attached hydrogens (tertiary/aromatic N) is 1.